The second-order valence-electron chi connectivity index (χ2n) is 6.34. The van der Waals surface area contributed by atoms with Gasteiger partial charge >= 0.3 is 0 Å². The Labute approximate surface area is 157 Å². The van der Waals surface area contributed by atoms with E-state index >= 15 is 0 Å². The number of hydrogen-bond donors (Lipinski definition) is 1. The third-order valence-electron chi connectivity index (χ3n) is 4.28. The van der Waals surface area contributed by atoms with Gasteiger partial charge < -0.3 is 10.2 Å². The lowest BCUT2D eigenvalue weighted by Crippen LogP contribution is -2.34. The summed E-state index contributed by atoms with van der Waals surface area (Å²) >= 11 is 7.84. The summed E-state index contributed by atoms with van der Waals surface area (Å²) < 4.78 is 1.03. The van der Waals surface area contributed by atoms with Gasteiger partial charge in [-0.05, 0) is 32.6 Å². The molecule has 0 spiro atoms. The largest absolute Gasteiger partial charge is 0.349 e. The average Bonchev–Trinajstić information content (AvgIpc) is 2.93. The molecule has 3 nitrogen and oxygen atoms in total. The molecule has 0 bridgehead atoms. The minimum absolute atomic E-state index is 0.109. The van der Waals surface area contributed by atoms with Crippen LogP contribution in [0.3, 0.4) is 0 Å². The van der Waals surface area contributed by atoms with Crippen LogP contribution in [0.2, 0.25) is 5.02 Å². The monoisotopic (exact) mass is 372 g/mol. The Morgan fingerprint density at radius 3 is 2.48 bits per heavy atom. The molecule has 0 aliphatic carbocycles. The highest BCUT2D eigenvalue weighted by Gasteiger charge is 2.19. The molecule has 3 rings (SSSR count). The lowest BCUT2D eigenvalue weighted by Gasteiger charge is -2.25. The van der Waals surface area contributed by atoms with Crippen molar-refractivity contribution in [2.24, 2.45) is 0 Å². The topological polar surface area (TPSA) is 32.3 Å². The van der Waals surface area contributed by atoms with Gasteiger partial charge in [0.05, 0.1) is 11.1 Å². The minimum Gasteiger partial charge on any atom is -0.349 e. The Kier molecular flexibility index (Phi) is 5.42. The van der Waals surface area contributed by atoms with Crippen molar-refractivity contribution in [3.05, 3.63) is 69.6 Å². The van der Waals surface area contributed by atoms with Crippen LogP contribution in [0.4, 0.5) is 0 Å². The summed E-state index contributed by atoms with van der Waals surface area (Å²) in [6.45, 7) is 2.60. The Morgan fingerprint density at radius 1 is 1.16 bits per heavy atom. The molecular formula is C20H21ClN2OS. The SMILES string of the molecule is Cc1ccc(C(CNC(=O)c2sc3ccccc3c2Cl)N(C)C)cc1. The van der Waals surface area contributed by atoms with Crippen LogP contribution in [0.25, 0.3) is 10.1 Å². The highest BCUT2D eigenvalue weighted by atomic mass is 35.5. The number of nitrogens with zero attached hydrogens (tertiary/aromatic N) is 1. The molecule has 1 heterocycles. The van der Waals surface area contributed by atoms with Crippen LogP contribution in [0.5, 0.6) is 0 Å². The third kappa shape index (κ3) is 3.87. The second kappa shape index (κ2) is 7.56. The molecule has 0 fully saturated rings. The van der Waals surface area contributed by atoms with Crippen LogP contribution in [0.1, 0.15) is 26.8 Å². The highest BCUT2D eigenvalue weighted by molar-refractivity contribution is 7.21. The number of nitrogens with one attached hydrogen (secondary N) is 1. The van der Waals surface area contributed by atoms with Crippen molar-refractivity contribution >= 4 is 38.9 Å². The Hall–Kier alpha value is -1.88. The summed E-state index contributed by atoms with van der Waals surface area (Å²) in [4.78, 5) is 15.3. The van der Waals surface area contributed by atoms with Crippen LogP contribution in [-0.2, 0) is 0 Å². The molecule has 1 unspecified atom stereocenters. The van der Waals surface area contributed by atoms with Crippen molar-refractivity contribution in [2.75, 3.05) is 20.6 Å². The molecule has 0 aliphatic rings. The van der Waals surface area contributed by atoms with Crippen LogP contribution in [0, 0.1) is 6.92 Å². The standard InChI is InChI=1S/C20H21ClN2OS/c1-13-8-10-14(11-9-13)16(23(2)3)12-22-20(24)19-18(21)15-6-4-5-7-17(15)25-19/h4-11,16H,12H2,1-3H3,(H,22,24). The number of thiophene rings is 1. The number of halogens is 1. The molecule has 1 N–H and O–H groups in total. The van der Waals surface area contributed by atoms with E-state index in [1.54, 1.807) is 0 Å². The molecule has 1 atom stereocenters. The summed E-state index contributed by atoms with van der Waals surface area (Å²) in [6, 6.07) is 16.3. The summed E-state index contributed by atoms with van der Waals surface area (Å²) in [6.07, 6.45) is 0. The first-order chi connectivity index (χ1) is 12.0. The number of amides is 1. The molecule has 2 aromatic carbocycles. The van der Waals surface area contributed by atoms with Crippen LogP contribution >= 0.6 is 22.9 Å². The summed E-state index contributed by atoms with van der Waals surface area (Å²) in [5.41, 5.74) is 2.40. The fraction of sp³-hybridized carbons (Fsp3) is 0.250. The van der Waals surface area contributed by atoms with Gasteiger partial charge in [-0.2, -0.15) is 0 Å². The van der Waals surface area contributed by atoms with Gasteiger partial charge in [-0.25, -0.2) is 0 Å². The zero-order valence-electron chi connectivity index (χ0n) is 14.5. The number of likely N-dealkylation sites (N-methyl/N-ethyl adjacent to an activating group) is 1. The van der Waals surface area contributed by atoms with E-state index in [-0.39, 0.29) is 11.9 Å². The second-order valence-corrected chi connectivity index (χ2v) is 7.77. The molecule has 130 valence electrons. The predicted octanol–water partition coefficient (Wildman–Crippen LogP) is 4.90. The predicted molar refractivity (Wildman–Crippen MR) is 107 cm³/mol. The van der Waals surface area contributed by atoms with Gasteiger partial charge in [-0.1, -0.05) is 59.6 Å². The number of rotatable bonds is 5. The van der Waals surface area contributed by atoms with E-state index in [1.807, 2.05) is 38.4 Å². The Bertz CT molecular complexity index is 886. The van der Waals surface area contributed by atoms with Crippen LogP contribution < -0.4 is 5.32 Å². The fourth-order valence-electron chi connectivity index (χ4n) is 2.82. The lowest BCUT2D eigenvalue weighted by atomic mass is 10.0. The van der Waals surface area contributed by atoms with Gasteiger partial charge in [0.1, 0.15) is 4.88 Å². The normalized spacial score (nSPS) is 12.5. The summed E-state index contributed by atoms with van der Waals surface area (Å²) in [7, 11) is 4.03. The van der Waals surface area contributed by atoms with E-state index in [4.69, 9.17) is 11.6 Å². The maximum absolute atomic E-state index is 12.6. The average molecular weight is 373 g/mol. The van der Waals surface area contributed by atoms with Crippen molar-refractivity contribution < 1.29 is 4.79 Å². The third-order valence-corrected chi connectivity index (χ3v) is 5.96. The molecule has 1 amide bonds. The molecule has 0 saturated carbocycles. The molecule has 5 heteroatoms. The zero-order valence-corrected chi connectivity index (χ0v) is 16.1. The molecular weight excluding hydrogens is 352 g/mol. The van der Waals surface area contributed by atoms with Crippen molar-refractivity contribution in [1.29, 1.82) is 0 Å². The maximum Gasteiger partial charge on any atom is 0.262 e. The molecule has 3 aromatic rings. The minimum atomic E-state index is -0.120. The quantitative estimate of drug-likeness (QED) is 0.691. The van der Waals surface area contributed by atoms with Gasteiger partial charge in [0.15, 0.2) is 0 Å². The number of carbonyl (C=O) groups excluding carboxylic acids is 1. The van der Waals surface area contributed by atoms with Crippen molar-refractivity contribution in [3.8, 4) is 0 Å². The summed E-state index contributed by atoms with van der Waals surface area (Å²) in [5, 5.41) is 4.51. The lowest BCUT2D eigenvalue weighted by molar-refractivity contribution is 0.0946. The van der Waals surface area contributed by atoms with E-state index in [9.17, 15) is 4.79 Å². The van der Waals surface area contributed by atoms with Gasteiger partial charge in [-0.15, -0.1) is 11.3 Å². The van der Waals surface area contributed by atoms with Crippen LogP contribution in [0.15, 0.2) is 48.5 Å². The Morgan fingerprint density at radius 2 is 1.84 bits per heavy atom. The molecule has 1 aromatic heterocycles. The summed E-state index contributed by atoms with van der Waals surface area (Å²) in [5.74, 6) is -0.120. The number of hydrogen-bond acceptors (Lipinski definition) is 3. The van der Waals surface area contributed by atoms with Gasteiger partial charge in [0.2, 0.25) is 0 Å². The fourth-order valence-corrected chi connectivity index (χ4v) is 4.25. The first-order valence-corrected chi connectivity index (χ1v) is 9.35. The van der Waals surface area contributed by atoms with Crippen molar-refractivity contribution in [1.82, 2.24) is 10.2 Å². The smallest absolute Gasteiger partial charge is 0.262 e. The molecule has 0 aliphatic heterocycles. The van der Waals surface area contributed by atoms with Crippen molar-refractivity contribution in [2.45, 2.75) is 13.0 Å². The van der Waals surface area contributed by atoms with Crippen molar-refractivity contribution in [3.63, 3.8) is 0 Å². The maximum atomic E-state index is 12.6. The van der Waals surface area contributed by atoms with Gasteiger partial charge in [-0.3, -0.25) is 4.79 Å². The van der Waals surface area contributed by atoms with E-state index < -0.39 is 0 Å². The highest BCUT2D eigenvalue weighted by Crippen LogP contribution is 2.35. The zero-order chi connectivity index (χ0) is 18.0. The van der Waals surface area contributed by atoms with E-state index in [1.165, 1.54) is 22.5 Å². The number of carbonyl (C=O) groups is 1. The number of aryl methyl sites for hydroxylation is 1. The number of benzene rings is 2. The molecule has 0 saturated heterocycles. The van der Waals surface area contributed by atoms with Gasteiger partial charge in [0, 0.05) is 16.6 Å². The number of fused-ring (bicyclic) bond motifs is 1. The molecule has 0 radical (unpaired) electrons. The first-order valence-electron chi connectivity index (χ1n) is 8.15. The Balaban J connectivity index is 1.77. The first kappa shape index (κ1) is 17.9. The van der Waals surface area contributed by atoms with Crippen LogP contribution in [-0.4, -0.2) is 31.4 Å². The van der Waals surface area contributed by atoms with E-state index in [2.05, 4.69) is 41.4 Å². The molecule has 25 heavy (non-hydrogen) atoms. The van der Waals surface area contributed by atoms with E-state index in [0.29, 0.717) is 16.4 Å². The van der Waals surface area contributed by atoms with Gasteiger partial charge in [0.25, 0.3) is 5.91 Å². The van der Waals surface area contributed by atoms with E-state index in [0.717, 1.165) is 10.1 Å².